The predicted molar refractivity (Wildman–Crippen MR) is 48.4 cm³/mol. The highest BCUT2D eigenvalue weighted by atomic mass is 79.9. The Balaban J connectivity index is 3.19. The van der Waals surface area contributed by atoms with Gasteiger partial charge in [-0.15, -0.1) is 0 Å². The van der Waals surface area contributed by atoms with E-state index in [1.807, 2.05) is 0 Å². The van der Waals surface area contributed by atoms with E-state index in [0.717, 1.165) is 12.3 Å². The number of rotatable bonds is 2. The lowest BCUT2D eigenvalue weighted by Gasteiger charge is -2.00. The van der Waals surface area contributed by atoms with Crippen molar-refractivity contribution in [1.29, 1.82) is 0 Å². The third-order valence-corrected chi connectivity index (χ3v) is 2.00. The number of nitrogens with zero attached hydrogens (tertiary/aromatic N) is 2. The first-order valence-electron chi connectivity index (χ1n) is 3.18. The van der Waals surface area contributed by atoms with Gasteiger partial charge in [0.1, 0.15) is 10.8 Å². The van der Waals surface area contributed by atoms with Gasteiger partial charge in [-0.25, -0.2) is 4.98 Å². The van der Waals surface area contributed by atoms with Gasteiger partial charge in [-0.1, -0.05) is 0 Å². The molecule has 13 heavy (non-hydrogen) atoms. The molecule has 0 amide bonds. The maximum Gasteiger partial charge on any atom is 0.491 e. The molecule has 0 atom stereocenters. The maximum absolute atomic E-state index is 10.3. The van der Waals surface area contributed by atoms with Crippen LogP contribution in [0.25, 0.3) is 0 Å². The highest BCUT2D eigenvalue weighted by molar-refractivity contribution is 9.10. The maximum atomic E-state index is 10.3. The summed E-state index contributed by atoms with van der Waals surface area (Å²) in [6.07, 6.45) is 1.02. The minimum atomic E-state index is -1.78. The van der Waals surface area contributed by atoms with E-state index in [-0.39, 0.29) is 15.8 Å². The largest absolute Gasteiger partial charge is 0.491 e. The third kappa shape index (κ3) is 2.23. The van der Waals surface area contributed by atoms with Gasteiger partial charge >= 0.3 is 7.12 Å². The van der Waals surface area contributed by atoms with E-state index < -0.39 is 12.0 Å². The molecule has 1 heterocycles. The van der Waals surface area contributed by atoms with Gasteiger partial charge in [0.25, 0.3) is 5.69 Å². The molecule has 0 radical (unpaired) electrons. The lowest BCUT2D eigenvalue weighted by atomic mass is 9.81. The lowest BCUT2D eigenvalue weighted by molar-refractivity contribution is -0.385. The smallest absolute Gasteiger partial charge is 0.423 e. The SMILES string of the molecule is O=[N+]([O-])c1cnc(Br)c(B(O)O)c1. The Morgan fingerprint density at radius 2 is 2.23 bits per heavy atom. The van der Waals surface area contributed by atoms with Crippen molar-refractivity contribution in [2.24, 2.45) is 0 Å². The van der Waals surface area contributed by atoms with E-state index in [1.165, 1.54) is 0 Å². The Hall–Kier alpha value is -0.985. The number of hydrogen-bond acceptors (Lipinski definition) is 5. The summed E-state index contributed by atoms with van der Waals surface area (Å²) in [7, 11) is -1.78. The van der Waals surface area contributed by atoms with Crippen molar-refractivity contribution in [2.75, 3.05) is 0 Å². The fourth-order valence-electron chi connectivity index (χ4n) is 0.734. The Kier molecular flexibility index (Phi) is 2.96. The summed E-state index contributed by atoms with van der Waals surface area (Å²) in [5.41, 5.74) is -0.319. The molecule has 1 aromatic rings. The number of pyridine rings is 1. The van der Waals surface area contributed by atoms with Gasteiger partial charge in [0.15, 0.2) is 0 Å². The van der Waals surface area contributed by atoms with Gasteiger partial charge in [0, 0.05) is 11.5 Å². The Labute approximate surface area is 81.7 Å². The van der Waals surface area contributed by atoms with Gasteiger partial charge in [-0.3, -0.25) is 10.1 Å². The van der Waals surface area contributed by atoms with Crippen molar-refractivity contribution in [3.05, 3.63) is 27.0 Å². The zero-order chi connectivity index (χ0) is 10.0. The van der Waals surface area contributed by atoms with Crippen molar-refractivity contribution in [3.8, 4) is 0 Å². The van der Waals surface area contributed by atoms with Crippen LogP contribution < -0.4 is 5.46 Å². The van der Waals surface area contributed by atoms with Gasteiger partial charge in [-0.05, 0) is 15.9 Å². The fourth-order valence-corrected chi connectivity index (χ4v) is 1.16. The van der Waals surface area contributed by atoms with Crippen LogP contribution in [0.15, 0.2) is 16.9 Å². The molecule has 8 heteroatoms. The van der Waals surface area contributed by atoms with E-state index in [2.05, 4.69) is 20.9 Å². The molecule has 0 aliphatic rings. The van der Waals surface area contributed by atoms with Crippen LogP contribution in [-0.2, 0) is 0 Å². The molecule has 0 bridgehead atoms. The summed E-state index contributed by atoms with van der Waals surface area (Å²) in [5.74, 6) is 0. The van der Waals surface area contributed by atoms with E-state index in [0.29, 0.717) is 0 Å². The first kappa shape index (κ1) is 10.1. The molecule has 0 saturated heterocycles. The average Bonchev–Trinajstić information content (AvgIpc) is 2.04. The summed E-state index contributed by atoms with van der Waals surface area (Å²) in [6, 6.07) is 1.04. The average molecular weight is 247 g/mol. The highest BCUT2D eigenvalue weighted by Crippen LogP contribution is 2.10. The Morgan fingerprint density at radius 3 is 2.69 bits per heavy atom. The second-order valence-corrected chi connectivity index (χ2v) is 2.96. The van der Waals surface area contributed by atoms with Crippen molar-refractivity contribution in [2.45, 2.75) is 0 Å². The van der Waals surface area contributed by atoms with Crippen molar-refractivity contribution < 1.29 is 15.0 Å². The molecule has 0 aliphatic heterocycles. The molecule has 68 valence electrons. The minimum absolute atomic E-state index is 0.0331. The monoisotopic (exact) mass is 246 g/mol. The van der Waals surface area contributed by atoms with Crippen LogP contribution >= 0.6 is 15.9 Å². The number of halogens is 1. The fraction of sp³-hybridized carbons (Fsp3) is 0. The number of nitro groups is 1. The molecule has 0 saturated carbocycles. The van der Waals surface area contributed by atoms with E-state index in [1.54, 1.807) is 0 Å². The third-order valence-electron chi connectivity index (χ3n) is 1.34. The van der Waals surface area contributed by atoms with E-state index >= 15 is 0 Å². The van der Waals surface area contributed by atoms with Crippen LogP contribution in [0.5, 0.6) is 0 Å². The second kappa shape index (κ2) is 3.82. The van der Waals surface area contributed by atoms with Crippen molar-refractivity contribution in [1.82, 2.24) is 4.98 Å². The van der Waals surface area contributed by atoms with E-state index in [9.17, 15) is 10.1 Å². The normalized spacial score (nSPS) is 9.77. The summed E-state index contributed by atoms with van der Waals surface area (Å²) < 4.78 is 0.174. The van der Waals surface area contributed by atoms with Gasteiger partial charge in [0.05, 0.1) is 4.92 Å². The number of hydrogen-bond donors (Lipinski definition) is 2. The summed E-state index contributed by atoms with van der Waals surface area (Å²) in [4.78, 5) is 13.2. The second-order valence-electron chi connectivity index (χ2n) is 2.20. The first-order chi connectivity index (χ1) is 6.02. The molecule has 0 aromatic carbocycles. The Morgan fingerprint density at radius 1 is 1.62 bits per heavy atom. The van der Waals surface area contributed by atoms with Gasteiger partial charge in [-0.2, -0.15) is 0 Å². The van der Waals surface area contributed by atoms with Crippen LogP contribution in [0.3, 0.4) is 0 Å². The molecule has 0 spiro atoms. The summed E-state index contributed by atoms with van der Waals surface area (Å²) in [6.45, 7) is 0. The summed E-state index contributed by atoms with van der Waals surface area (Å²) in [5, 5.41) is 27.8. The molecular formula is C5H4BBrN2O4. The first-order valence-corrected chi connectivity index (χ1v) is 3.97. The van der Waals surface area contributed by atoms with Gasteiger partial charge in [0.2, 0.25) is 0 Å². The minimum Gasteiger partial charge on any atom is -0.423 e. The van der Waals surface area contributed by atoms with Crippen LogP contribution in [0, 0.1) is 10.1 Å². The summed E-state index contributed by atoms with van der Waals surface area (Å²) >= 11 is 2.93. The molecule has 6 nitrogen and oxygen atoms in total. The molecule has 0 unspecified atom stereocenters. The molecule has 1 aromatic heterocycles. The number of aromatic nitrogens is 1. The Bertz CT molecular complexity index is 345. The molecule has 1 rings (SSSR count). The predicted octanol–water partition coefficient (Wildman–Crippen LogP) is -0.568. The molecule has 0 fully saturated rings. The van der Waals surface area contributed by atoms with E-state index in [4.69, 9.17) is 10.0 Å². The lowest BCUT2D eigenvalue weighted by Crippen LogP contribution is -2.31. The topological polar surface area (TPSA) is 96.5 Å². The quantitative estimate of drug-likeness (QED) is 0.315. The zero-order valence-corrected chi connectivity index (χ0v) is 7.80. The standard InChI is InChI=1S/C5H4BBrN2O4/c7-5-4(6(10)11)1-3(2-8-5)9(12)13/h1-2,10-11H. The molecular weight excluding hydrogens is 243 g/mol. The van der Waals surface area contributed by atoms with Crippen LogP contribution in [0.1, 0.15) is 0 Å². The van der Waals surface area contributed by atoms with Crippen LogP contribution in [0.4, 0.5) is 5.69 Å². The highest BCUT2D eigenvalue weighted by Gasteiger charge is 2.19. The van der Waals surface area contributed by atoms with Gasteiger partial charge < -0.3 is 10.0 Å². The zero-order valence-electron chi connectivity index (χ0n) is 6.22. The molecule has 0 aliphatic carbocycles. The molecule has 2 N–H and O–H groups in total. The van der Waals surface area contributed by atoms with Crippen molar-refractivity contribution in [3.63, 3.8) is 0 Å². The van der Waals surface area contributed by atoms with Crippen molar-refractivity contribution >= 4 is 34.2 Å². The van der Waals surface area contributed by atoms with Crippen LogP contribution in [-0.4, -0.2) is 27.1 Å². The van der Waals surface area contributed by atoms with Crippen LogP contribution in [0.2, 0.25) is 0 Å².